The molecule has 11 nitrogen and oxygen atoms in total. The highest BCUT2D eigenvalue weighted by Gasteiger charge is 2.38. The summed E-state index contributed by atoms with van der Waals surface area (Å²) >= 11 is 0. The Bertz CT molecular complexity index is 1630. The molecule has 3 aromatic rings. The van der Waals surface area contributed by atoms with Crippen molar-refractivity contribution in [2.45, 2.75) is 62.8 Å². The number of aryl methyl sites for hydroxylation is 1. The number of hydrogen-bond acceptors (Lipinski definition) is 7. The van der Waals surface area contributed by atoms with Crippen LogP contribution >= 0.6 is 0 Å². The summed E-state index contributed by atoms with van der Waals surface area (Å²) in [4.78, 5) is 51.2. The average Bonchev–Trinajstić information content (AvgIpc) is 3.61. The first-order valence-electron chi connectivity index (χ1n) is 15.0. The lowest BCUT2D eigenvalue weighted by Gasteiger charge is -2.38. The molecule has 2 atom stereocenters. The van der Waals surface area contributed by atoms with Crippen LogP contribution in [0.15, 0.2) is 47.3 Å². The number of hydrogen-bond donors (Lipinski definition) is 3. The Balaban J connectivity index is 0.000000515. The van der Waals surface area contributed by atoms with E-state index in [-0.39, 0.29) is 18.0 Å². The number of carbonyl (C=O) groups is 3. The van der Waals surface area contributed by atoms with Crippen molar-refractivity contribution in [1.82, 2.24) is 19.4 Å². The summed E-state index contributed by atoms with van der Waals surface area (Å²) in [5.74, 6) is -3.01. The first-order chi connectivity index (χ1) is 21.4. The van der Waals surface area contributed by atoms with Gasteiger partial charge in [-0.3, -0.25) is 28.9 Å². The van der Waals surface area contributed by atoms with Crippen LogP contribution in [-0.4, -0.2) is 75.3 Å². The summed E-state index contributed by atoms with van der Waals surface area (Å²) in [6.45, 7) is 4.83. The number of aromatic nitrogens is 2. The zero-order valence-electron chi connectivity index (χ0n) is 24.9. The number of nitrogens with one attached hydrogen (secondary N) is 1. The number of imidazole rings is 1. The van der Waals surface area contributed by atoms with Crippen LogP contribution < -0.4 is 21.6 Å². The lowest BCUT2D eigenvalue weighted by atomic mass is 9.97. The van der Waals surface area contributed by atoms with Crippen molar-refractivity contribution in [3.63, 3.8) is 0 Å². The van der Waals surface area contributed by atoms with Gasteiger partial charge in [0.15, 0.2) is 0 Å². The second-order valence-electron chi connectivity index (χ2n) is 11.8. The molecule has 45 heavy (non-hydrogen) atoms. The van der Waals surface area contributed by atoms with Crippen molar-refractivity contribution in [2.75, 3.05) is 31.1 Å². The van der Waals surface area contributed by atoms with Gasteiger partial charge in [0.2, 0.25) is 11.8 Å². The van der Waals surface area contributed by atoms with Crippen molar-refractivity contribution in [3.8, 4) is 0 Å². The number of carboxylic acids is 1. The average molecular weight is 631 g/mol. The summed E-state index contributed by atoms with van der Waals surface area (Å²) < 4.78 is 34.9. The number of aliphatic carboxylic acids is 1. The predicted molar refractivity (Wildman–Crippen MR) is 161 cm³/mol. The third kappa shape index (κ3) is 6.91. The summed E-state index contributed by atoms with van der Waals surface area (Å²) in [5, 5.41) is 9.50. The quantitative estimate of drug-likeness (QED) is 0.366. The molecule has 2 aromatic carbocycles. The zero-order chi connectivity index (χ0) is 32.5. The van der Waals surface area contributed by atoms with Gasteiger partial charge in [-0.1, -0.05) is 18.2 Å². The SMILES string of the molecule is Cn1c(=O)n(C2CCC(=O)NC2=O)c2ccc(C3CCN(C4CCN(c5ccc(CN)cc5)CC4)C3)cc21.O=C(O)C(F)(F)F. The van der Waals surface area contributed by atoms with Gasteiger partial charge >= 0.3 is 17.8 Å². The largest absolute Gasteiger partial charge is 0.490 e. The molecule has 0 saturated carbocycles. The topological polar surface area (TPSA) is 143 Å². The summed E-state index contributed by atoms with van der Waals surface area (Å²) in [5.41, 5.74) is 10.8. The number of carbonyl (C=O) groups excluding carboxylic acids is 2. The maximum Gasteiger partial charge on any atom is 0.490 e. The summed E-state index contributed by atoms with van der Waals surface area (Å²) in [6.07, 6.45) is -1.06. The van der Waals surface area contributed by atoms with Gasteiger partial charge in [-0.2, -0.15) is 13.2 Å². The van der Waals surface area contributed by atoms with E-state index in [2.05, 4.69) is 51.5 Å². The third-order valence-electron chi connectivity index (χ3n) is 9.09. The van der Waals surface area contributed by atoms with Crippen LogP contribution in [0.5, 0.6) is 0 Å². The molecule has 4 N–H and O–H groups in total. The number of halogens is 3. The maximum atomic E-state index is 13.1. The molecule has 6 rings (SSSR count). The zero-order valence-corrected chi connectivity index (χ0v) is 24.9. The normalized spacial score (nSPS) is 21.5. The number of nitrogens with zero attached hydrogens (tertiary/aromatic N) is 4. The Morgan fingerprint density at radius 2 is 1.64 bits per heavy atom. The highest BCUT2D eigenvalue weighted by atomic mass is 19.4. The molecular weight excluding hydrogens is 593 g/mol. The number of nitrogens with two attached hydrogens (primary N) is 1. The molecule has 0 radical (unpaired) electrons. The third-order valence-corrected chi connectivity index (χ3v) is 9.09. The van der Waals surface area contributed by atoms with Crippen LogP contribution in [-0.2, 0) is 28.0 Å². The van der Waals surface area contributed by atoms with Gasteiger partial charge in [0.05, 0.1) is 11.0 Å². The summed E-state index contributed by atoms with van der Waals surface area (Å²) in [7, 11) is 1.76. The fourth-order valence-electron chi connectivity index (χ4n) is 6.59. The van der Waals surface area contributed by atoms with E-state index in [4.69, 9.17) is 15.6 Å². The molecule has 3 saturated heterocycles. The van der Waals surface area contributed by atoms with Crippen LogP contribution in [0, 0.1) is 0 Å². The van der Waals surface area contributed by atoms with Gasteiger partial charge in [-0.15, -0.1) is 0 Å². The molecule has 2 unspecified atom stereocenters. The van der Waals surface area contributed by atoms with Gasteiger partial charge in [-0.25, -0.2) is 9.59 Å². The Hall–Kier alpha value is -4.17. The maximum absolute atomic E-state index is 13.1. The molecular formula is C31H37F3N6O5. The Labute approximate surface area is 257 Å². The Kier molecular flexibility index (Phi) is 9.35. The first-order valence-corrected chi connectivity index (χ1v) is 15.0. The van der Waals surface area contributed by atoms with E-state index < -0.39 is 24.1 Å². The number of fused-ring (bicyclic) bond motifs is 1. The minimum atomic E-state index is -5.08. The fraction of sp³-hybridized carbons (Fsp3) is 0.484. The molecule has 0 spiro atoms. The molecule has 0 aliphatic carbocycles. The molecule has 242 valence electrons. The van der Waals surface area contributed by atoms with Crippen molar-refractivity contribution < 1.29 is 32.7 Å². The van der Waals surface area contributed by atoms with E-state index in [0.29, 0.717) is 24.9 Å². The highest BCUT2D eigenvalue weighted by Crippen LogP contribution is 2.34. The molecule has 0 bridgehead atoms. The number of rotatable bonds is 5. The Morgan fingerprint density at radius 1 is 0.978 bits per heavy atom. The number of anilines is 1. The van der Waals surface area contributed by atoms with Gasteiger partial charge in [-0.05, 0) is 73.5 Å². The van der Waals surface area contributed by atoms with Crippen LogP contribution in [0.4, 0.5) is 18.9 Å². The predicted octanol–water partition coefficient (Wildman–Crippen LogP) is 2.87. The number of alkyl halides is 3. The fourth-order valence-corrected chi connectivity index (χ4v) is 6.59. The van der Waals surface area contributed by atoms with E-state index in [1.54, 1.807) is 16.2 Å². The minimum absolute atomic E-state index is 0.218. The first kappa shape index (κ1) is 32.2. The number of imide groups is 1. The van der Waals surface area contributed by atoms with Crippen molar-refractivity contribution >= 4 is 34.5 Å². The molecule has 3 aliphatic heterocycles. The Morgan fingerprint density at radius 3 is 2.24 bits per heavy atom. The van der Waals surface area contributed by atoms with E-state index in [1.165, 1.54) is 11.3 Å². The van der Waals surface area contributed by atoms with Crippen molar-refractivity contribution in [2.24, 2.45) is 12.8 Å². The standard InChI is InChI=1S/C29H36N6O3.C2HF3O2/c1-32-26-16-20(4-7-24(26)35(29(32)38)25-8-9-27(36)31-28(25)37)21-10-13-34(18-21)23-11-14-33(15-12-23)22-5-2-19(17-30)3-6-22;3-2(4,5)1(6)7/h2-7,16,21,23,25H,8-15,17-18,30H2,1H3,(H,31,36,37);(H,6,7). The van der Waals surface area contributed by atoms with Crippen LogP contribution in [0.2, 0.25) is 0 Å². The number of carboxylic acid groups (broad SMARTS) is 1. The van der Waals surface area contributed by atoms with Crippen LogP contribution in [0.1, 0.15) is 55.2 Å². The van der Waals surface area contributed by atoms with E-state index in [1.807, 2.05) is 6.07 Å². The molecule has 14 heteroatoms. The van der Waals surface area contributed by atoms with E-state index in [0.717, 1.165) is 62.0 Å². The second-order valence-corrected chi connectivity index (χ2v) is 11.8. The molecule has 1 aromatic heterocycles. The number of piperidine rings is 2. The molecule has 2 amide bonds. The monoisotopic (exact) mass is 630 g/mol. The van der Waals surface area contributed by atoms with Gasteiger partial charge in [0.1, 0.15) is 6.04 Å². The molecule has 3 fully saturated rings. The minimum Gasteiger partial charge on any atom is -0.475 e. The molecule has 4 heterocycles. The van der Waals surface area contributed by atoms with E-state index in [9.17, 15) is 27.6 Å². The molecule has 3 aliphatic rings. The lowest BCUT2D eigenvalue weighted by molar-refractivity contribution is -0.192. The van der Waals surface area contributed by atoms with Crippen LogP contribution in [0.3, 0.4) is 0 Å². The van der Waals surface area contributed by atoms with Crippen molar-refractivity contribution in [3.05, 3.63) is 64.1 Å². The van der Waals surface area contributed by atoms with Gasteiger partial charge in [0.25, 0.3) is 0 Å². The van der Waals surface area contributed by atoms with Crippen LogP contribution in [0.25, 0.3) is 11.0 Å². The number of likely N-dealkylation sites (tertiary alicyclic amines) is 1. The highest BCUT2D eigenvalue weighted by molar-refractivity contribution is 6.00. The summed E-state index contributed by atoms with van der Waals surface area (Å²) in [6, 6.07) is 14.8. The smallest absolute Gasteiger partial charge is 0.475 e. The van der Waals surface area contributed by atoms with E-state index >= 15 is 0 Å². The number of amides is 2. The second kappa shape index (κ2) is 13.1. The lowest BCUT2D eigenvalue weighted by Crippen LogP contribution is -2.44. The van der Waals surface area contributed by atoms with Crippen molar-refractivity contribution in [1.29, 1.82) is 0 Å². The van der Waals surface area contributed by atoms with Gasteiger partial charge < -0.3 is 15.7 Å². The van der Waals surface area contributed by atoms with Gasteiger partial charge in [0, 0.05) is 51.4 Å². The number of benzene rings is 2.